The summed E-state index contributed by atoms with van der Waals surface area (Å²) in [5.41, 5.74) is 6.98. The van der Waals surface area contributed by atoms with E-state index >= 15 is 0 Å². The Morgan fingerprint density at radius 2 is 2.47 bits per heavy atom. The van der Waals surface area contributed by atoms with Gasteiger partial charge in [-0.2, -0.15) is 0 Å². The minimum Gasteiger partial charge on any atom is -0.462 e. The van der Waals surface area contributed by atoms with E-state index in [4.69, 9.17) is 15.2 Å². The van der Waals surface area contributed by atoms with Crippen molar-refractivity contribution in [1.82, 2.24) is 4.98 Å². The third-order valence-corrected chi connectivity index (χ3v) is 3.96. The van der Waals surface area contributed by atoms with E-state index in [0.29, 0.717) is 29.8 Å². The van der Waals surface area contributed by atoms with Gasteiger partial charge in [-0.1, -0.05) is 11.3 Å². The molecule has 0 saturated carbocycles. The highest BCUT2D eigenvalue weighted by molar-refractivity contribution is 7.22. The lowest BCUT2D eigenvalue weighted by molar-refractivity contribution is 0.0428. The number of thiazole rings is 1. The van der Waals surface area contributed by atoms with Gasteiger partial charge in [-0.3, -0.25) is 0 Å². The topological polar surface area (TPSA) is 74.4 Å². The van der Waals surface area contributed by atoms with Crippen LogP contribution in [0.5, 0.6) is 0 Å². The number of esters is 1. The Morgan fingerprint density at radius 1 is 1.58 bits per heavy atom. The van der Waals surface area contributed by atoms with Crippen molar-refractivity contribution >= 4 is 32.7 Å². The van der Waals surface area contributed by atoms with Crippen molar-refractivity contribution in [3.8, 4) is 0 Å². The second-order valence-electron chi connectivity index (χ2n) is 4.56. The third kappa shape index (κ3) is 2.69. The van der Waals surface area contributed by atoms with Gasteiger partial charge >= 0.3 is 5.97 Å². The first-order valence-corrected chi connectivity index (χ1v) is 6.95. The van der Waals surface area contributed by atoms with Crippen molar-refractivity contribution in [3.63, 3.8) is 0 Å². The largest absolute Gasteiger partial charge is 0.462 e. The third-order valence-electron chi connectivity index (χ3n) is 3.11. The summed E-state index contributed by atoms with van der Waals surface area (Å²) in [4.78, 5) is 16.1. The molecule has 0 spiro atoms. The Kier molecular flexibility index (Phi) is 3.35. The number of carbonyl (C=O) groups is 1. The molecular weight excluding hydrogens is 264 g/mol. The molecule has 0 amide bonds. The lowest BCUT2D eigenvalue weighted by Gasteiger charge is -2.08. The molecule has 1 unspecified atom stereocenters. The van der Waals surface area contributed by atoms with Gasteiger partial charge in [0, 0.05) is 12.5 Å². The van der Waals surface area contributed by atoms with Crippen LogP contribution in [0.1, 0.15) is 16.8 Å². The van der Waals surface area contributed by atoms with E-state index < -0.39 is 0 Å². The summed E-state index contributed by atoms with van der Waals surface area (Å²) in [7, 11) is 0. The highest BCUT2D eigenvalue weighted by atomic mass is 32.1. The zero-order valence-electron chi connectivity index (χ0n) is 10.3. The summed E-state index contributed by atoms with van der Waals surface area (Å²) < 4.78 is 11.4. The van der Waals surface area contributed by atoms with E-state index in [0.717, 1.165) is 23.2 Å². The lowest BCUT2D eigenvalue weighted by atomic mass is 10.1. The molecule has 1 saturated heterocycles. The van der Waals surface area contributed by atoms with Crippen LogP contribution in [-0.2, 0) is 9.47 Å². The predicted molar refractivity (Wildman–Crippen MR) is 73.2 cm³/mol. The molecule has 1 aliphatic rings. The number of hydrogen-bond donors (Lipinski definition) is 1. The fourth-order valence-electron chi connectivity index (χ4n) is 2.06. The smallest absolute Gasteiger partial charge is 0.338 e. The molecular formula is C13H14N2O3S. The molecule has 5 nitrogen and oxygen atoms in total. The quantitative estimate of drug-likeness (QED) is 0.870. The average molecular weight is 278 g/mol. The molecule has 0 radical (unpaired) electrons. The second kappa shape index (κ2) is 5.14. The van der Waals surface area contributed by atoms with Crippen LogP contribution in [0.2, 0.25) is 0 Å². The number of nitrogens with two attached hydrogens (primary N) is 1. The summed E-state index contributed by atoms with van der Waals surface area (Å²) in [5.74, 6) is 0.0208. The molecule has 1 fully saturated rings. The monoisotopic (exact) mass is 278 g/mol. The number of nitrogens with zero attached hydrogens (tertiary/aromatic N) is 1. The molecule has 3 rings (SSSR count). The van der Waals surface area contributed by atoms with Gasteiger partial charge in [0.1, 0.15) is 0 Å². The maximum atomic E-state index is 11.9. The van der Waals surface area contributed by atoms with E-state index in [-0.39, 0.29) is 5.97 Å². The molecule has 1 aliphatic heterocycles. The molecule has 2 aromatic rings. The second-order valence-corrected chi connectivity index (χ2v) is 5.62. The number of fused-ring (bicyclic) bond motifs is 1. The van der Waals surface area contributed by atoms with Crippen LogP contribution in [-0.4, -0.2) is 30.8 Å². The van der Waals surface area contributed by atoms with Gasteiger partial charge in [0.2, 0.25) is 0 Å². The Bertz CT molecular complexity index is 605. The standard InChI is InChI=1S/C13H14N2O3S/c14-13-15-10-2-1-9(5-11(10)19-13)12(16)18-7-8-3-4-17-6-8/h1-2,5,8H,3-4,6-7H2,(H2,14,15). The van der Waals surface area contributed by atoms with Gasteiger partial charge < -0.3 is 15.2 Å². The molecule has 0 aliphatic carbocycles. The van der Waals surface area contributed by atoms with E-state index in [9.17, 15) is 4.79 Å². The zero-order chi connectivity index (χ0) is 13.2. The Morgan fingerprint density at radius 3 is 3.26 bits per heavy atom. The van der Waals surface area contributed by atoms with Crippen LogP contribution in [0.15, 0.2) is 18.2 Å². The Hall–Kier alpha value is -1.66. The van der Waals surface area contributed by atoms with E-state index in [1.807, 2.05) is 0 Å². The first-order chi connectivity index (χ1) is 9.22. The maximum absolute atomic E-state index is 11.9. The first kappa shape index (κ1) is 12.4. The van der Waals surface area contributed by atoms with Crippen LogP contribution < -0.4 is 5.73 Å². The number of hydrogen-bond acceptors (Lipinski definition) is 6. The SMILES string of the molecule is Nc1nc2ccc(C(=O)OCC3CCOC3)cc2s1. The molecule has 1 atom stereocenters. The summed E-state index contributed by atoms with van der Waals surface area (Å²) in [6.45, 7) is 1.85. The summed E-state index contributed by atoms with van der Waals surface area (Å²) in [5, 5.41) is 0.503. The minimum absolute atomic E-state index is 0.305. The van der Waals surface area contributed by atoms with Crippen molar-refractivity contribution in [2.24, 2.45) is 5.92 Å². The van der Waals surface area contributed by atoms with Crippen LogP contribution in [0, 0.1) is 5.92 Å². The van der Waals surface area contributed by atoms with Crippen LogP contribution in [0.3, 0.4) is 0 Å². The van der Waals surface area contributed by atoms with Crippen molar-refractivity contribution < 1.29 is 14.3 Å². The molecule has 1 aromatic heterocycles. The molecule has 0 bridgehead atoms. The van der Waals surface area contributed by atoms with Crippen molar-refractivity contribution in [1.29, 1.82) is 0 Å². The molecule has 2 N–H and O–H groups in total. The van der Waals surface area contributed by atoms with Gasteiger partial charge in [0.25, 0.3) is 0 Å². The van der Waals surface area contributed by atoms with Gasteiger partial charge in [-0.05, 0) is 24.6 Å². The molecule has 2 heterocycles. The van der Waals surface area contributed by atoms with Gasteiger partial charge in [0.05, 0.1) is 29.0 Å². The lowest BCUT2D eigenvalue weighted by Crippen LogP contribution is -2.14. The number of carbonyl (C=O) groups excluding carboxylic acids is 1. The minimum atomic E-state index is -0.305. The summed E-state index contributed by atoms with van der Waals surface area (Å²) >= 11 is 1.37. The van der Waals surface area contributed by atoms with Crippen LogP contribution >= 0.6 is 11.3 Å². The predicted octanol–water partition coefficient (Wildman–Crippen LogP) is 2.07. The van der Waals surface area contributed by atoms with Crippen molar-refractivity contribution in [3.05, 3.63) is 23.8 Å². The van der Waals surface area contributed by atoms with E-state index in [1.165, 1.54) is 11.3 Å². The van der Waals surface area contributed by atoms with E-state index in [2.05, 4.69) is 4.98 Å². The van der Waals surface area contributed by atoms with Crippen molar-refractivity contribution in [2.45, 2.75) is 6.42 Å². The van der Waals surface area contributed by atoms with E-state index in [1.54, 1.807) is 18.2 Å². The number of ether oxygens (including phenoxy) is 2. The number of rotatable bonds is 3. The highest BCUT2D eigenvalue weighted by Crippen LogP contribution is 2.25. The number of nitrogen functional groups attached to an aromatic ring is 1. The Balaban J connectivity index is 1.69. The average Bonchev–Trinajstić information content (AvgIpc) is 3.02. The van der Waals surface area contributed by atoms with Crippen LogP contribution in [0.4, 0.5) is 5.13 Å². The normalized spacial score (nSPS) is 18.8. The molecule has 1 aromatic carbocycles. The fourth-order valence-corrected chi connectivity index (χ4v) is 2.83. The fraction of sp³-hybridized carbons (Fsp3) is 0.385. The van der Waals surface area contributed by atoms with Crippen LogP contribution in [0.25, 0.3) is 10.2 Å². The van der Waals surface area contributed by atoms with Crippen molar-refractivity contribution in [2.75, 3.05) is 25.6 Å². The molecule has 100 valence electrons. The van der Waals surface area contributed by atoms with Gasteiger partial charge in [0.15, 0.2) is 5.13 Å². The van der Waals surface area contributed by atoms with Gasteiger partial charge in [-0.15, -0.1) is 0 Å². The maximum Gasteiger partial charge on any atom is 0.338 e. The number of aromatic nitrogens is 1. The molecule has 19 heavy (non-hydrogen) atoms. The zero-order valence-corrected chi connectivity index (χ0v) is 11.1. The number of anilines is 1. The first-order valence-electron chi connectivity index (χ1n) is 6.13. The summed E-state index contributed by atoms with van der Waals surface area (Å²) in [6.07, 6.45) is 0.956. The Labute approximate surface area is 114 Å². The summed E-state index contributed by atoms with van der Waals surface area (Å²) in [6, 6.07) is 5.28. The van der Waals surface area contributed by atoms with Gasteiger partial charge in [-0.25, -0.2) is 9.78 Å². The molecule has 6 heteroatoms. The highest BCUT2D eigenvalue weighted by Gasteiger charge is 2.18. The number of benzene rings is 1.